The largest absolute Gasteiger partial charge is 0.356 e. The fourth-order valence-corrected chi connectivity index (χ4v) is 2.10. The second-order valence-electron chi connectivity index (χ2n) is 4.08. The minimum Gasteiger partial charge on any atom is -0.356 e. The summed E-state index contributed by atoms with van der Waals surface area (Å²) < 4.78 is 10.7. The zero-order chi connectivity index (χ0) is 11.8. The summed E-state index contributed by atoms with van der Waals surface area (Å²) in [7, 11) is 3.42. The summed E-state index contributed by atoms with van der Waals surface area (Å²) in [6.07, 6.45) is 3.20. The number of methoxy groups -OCH3 is 2. The van der Waals surface area contributed by atoms with E-state index in [1.165, 1.54) is 5.56 Å². The molecule has 1 aromatic rings. The lowest BCUT2D eigenvalue weighted by Crippen LogP contribution is -2.26. The van der Waals surface area contributed by atoms with E-state index in [1.54, 1.807) is 14.2 Å². The van der Waals surface area contributed by atoms with Gasteiger partial charge in [0.05, 0.1) is 0 Å². The molecule has 0 bridgehead atoms. The highest BCUT2D eigenvalue weighted by Gasteiger charge is 2.20. The van der Waals surface area contributed by atoms with Gasteiger partial charge in [-0.2, -0.15) is 0 Å². The Bertz CT molecular complexity index is 267. The first kappa shape index (κ1) is 13.2. The van der Waals surface area contributed by atoms with Crippen LogP contribution in [0.3, 0.4) is 0 Å². The number of ether oxygens (including phenoxy) is 2. The van der Waals surface area contributed by atoms with Gasteiger partial charge < -0.3 is 9.47 Å². The third-order valence-electron chi connectivity index (χ3n) is 2.85. The van der Waals surface area contributed by atoms with Gasteiger partial charge in [-0.3, -0.25) is 0 Å². The third-order valence-corrected chi connectivity index (χ3v) is 2.85. The highest BCUT2D eigenvalue weighted by molar-refractivity contribution is 5.15. The maximum Gasteiger partial charge on any atom is 0.159 e. The molecule has 1 rings (SSSR count). The van der Waals surface area contributed by atoms with Crippen molar-refractivity contribution in [3.8, 4) is 0 Å². The molecule has 0 saturated heterocycles. The van der Waals surface area contributed by atoms with Crippen LogP contribution in [0.25, 0.3) is 0 Å². The quantitative estimate of drug-likeness (QED) is 0.659. The summed E-state index contributed by atoms with van der Waals surface area (Å²) >= 11 is 0. The second-order valence-corrected chi connectivity index (χ2v) is 4.08. The minimum absolute atomic E-state index is 0.0971. The smallest absolute Gasteiger partial charge is 0.159 e. The lowest BCUT2D eigenvalue weighted by atomic mass is 9.94. The van der Waals surface area contributed by atoms with Gasteiger partial charge in [-0.25, -0.2) is 0 Å². The van der Waals surface area contributed by atoms with E-state index in [4.69, 9.17) is 9.47 Å². The molecule has 0 aliphatic carbocycles. The third kappa shape index (κ3) is 3.95. The van der Waals surface area contributed by atoms with Gasteiger partial charge in [-0.05, 0) is 18.4 Å². The van der Waals surface area contributed by atoms with Crippen LogP contribution in [0.2, 0.25) is 0 Å². The molecule has 1 atom stereocenters. The van der Waals surface area contributed by atoms with Crippen molar-refractivity contribution in [3.63, 3.8) is 0 Å². The van der Waals surface area contributed by atoms with Crippen molar-refractivity contribution in [2.45, 2.75) is 32.5 Å². The van der Waals surface area contributed by atoms with Crippen LogP contribution in [0.5, 0.6) is 0 Å². The fraction of sp³-hybridized carbons (Fsp3) is 0.571. The molecule has 16 heavy (non-hydrogen) atoms. The van der Waals surface area contributed by atoms with Crippen molar-refractivity contribution in [3.05, 3.63) is 35.9 Å². The Labute approximate surface area is 98.6 Å². The fourth-order valence-electron chi connectivity index (χ4n) is 2.10. The van der Waals surface area contributed by atoms with E-state index in [2.05, 4.69) is 31.2 Å². The van der Waals surface area contributed by atoms with Crippen LogP contribution in [0.1, 0.15) is 25.3 Å². The van der Waals surface area contributed by atoms with Crippen LogP contribution in [0.15, 0.2) is 30.3 Å². The first-order valence-electron chi connectivity index (χ1n) is 5.91. The van der Waals surface area contributed by atoms with Gasteiger partial charge in [0.2, 0.25) is 0 Å². The Hall–Kier alpha value is -0.860. The molecule has 0 unspecified atom stereocenters. The number of rotatable bonds is 7. The van der Waals surface area contributed by atoms with E-state index in [9.17, 15) is 0 Å². The van der Waals surface area contributed by atoms with Crippen LogP contribution in [-0.4, -0.2) is 20.5 Å². The lowest BCUT2D eigenvalue weighted by molar-refractivity contribution is -0.138. The van der Waals surface area contributed by atoms with Gasteiger partial charge in [0.25, 0.3) is 0 Å². The molecule has 0 aromatic heterocycles. The molecule has 0 aliphatic heterocycles. The molecular weight excluding hydrogens is 200 g/mol. The predicted octanol–water partition coefficient (Wildman–Crippen LogP) is 3.26. The van der Waals surface area contributed by atoms with Crippen molar-refractivity contribution in [2.24, 2.45) is 5.92 Å². The Kier molecular flexibility index (Phi) is 6.12. The van der Waals surface area contributed by atoms with Crippen molar-refractivity contribution in [2.75, 3.05) is 14.2 Å². The van der Waals surface area contributed by atoms with Crippen LogP contribution < -0.4 is 0 Å². The Morgan fingerprint density at radius 3 is 2.19 bits per heavy atom. The second kappa shape index (κ2) is 7.42. The van der Waals surface area contributed by atoms with E-state index in [0.29, 0.717) is 5.92 Å². The molecule has 0 amide bonds. The molecule has 0 spiro atoms. The van der Waals surface area contributed by atoms with E-state index in [1.807, 2.05) is 6.07 Å². The first-order valence-corrected chi connectivity index (χ1v) is 5.91. The maximum absolute atomic E-state index is 5.36. The summed E-state index contributed by atoms with van der Waals surface area (Å²) in [6.45, 7) is 2.19. The van der Waals surface area contributed by atoms with Gasteiger partial charge in [0, 0.05) is 20.1 Å². The molecule has 0 radical (unpaired) electrons. The van der Waals surface area contributed by atoms with Gasteiger partial charge in [0.1, 0.15) is 0 Å². The molecular formula is C14H22O2. The van der Waals surface area contributed by atoms with Gasteiger partial charge in [-0.1, -0.05) is 43.7 Å². The standard InChI is InChI=1S/C14H22O2/c1-4-8-13(14(15-2)16-3)11-12-9-6-5-7-10-12/h5-7,9-10,13-14H,4,8,11H2,1-3H3/t13-/m1/s1. The summed E-state index contributed by atoms with van der Waals surface area (Å²) in [5, 5.41) is 0. The average molecular weight is 222 g/mol. The number of hydrogen-bond donors (Lipinski definition) is 0. The molecule has 90 valence electrons. The maximum atomic E-state index is 5.36. The average Bonchev–Trinajstić information content (AvgIpc) is 2.32. The molecule has 0 fully saturated rings. The van der Waals surface area contributed by atoms with Gasteiger partial charge in [0.15, 0.2) is 6.29 Å². The predicted molar refractivity (Wildman–Crippen MR) is 66.4 cm³/mol. The summed E-state index contributed by atoms with van der Waals surface area (Å²) in [4.78, 5) is 0. The molecule has 2 heteroatoms. The number of benzene rings is 1. The summed E-state index contributed by atoms with van der Waals surface area (Å²) in [6, 6.07) is 10.5. The van der Waals surface area contributed by atoms with E-state index in [-0.39, 0.29) is 6.29 Å². The SMILES string of the molecule is CCC[C@H](Cc1ccccc1)C(OC)OC. The normalized spacial score (nSPS) is 13.0. The highest BCUT2D eigenvalue weighted by atomic mass is 16.7. The zero-order valence-corrected chi connectivity index (χ0v) is 10.5. The summed E-state index contributed by atoms with van der Waals surface area (Å²) in [5.74, 6) is 0.433. The van der Waals surface area contributed by atoms with Crippen molar-refractivity contribution >= 4 is 0 Å². The van der Waals surface area contributed by atoms with Crippen molar-refractivity contribution < 1.29 is 9.47 Å². The van der Waals surface area contributed by atoms with E-state index >= 15 is 0 Å². The molecule has 0 aliphatic rings. The molecule has 0 saturated carbocycles. The Balaban J connectivity index is 2.63. The first-order chi connectivity index (χ1) is 7.81. The Morgan fingerprint density at radius 2 is 1.69 bits per heavy atom. The van der Waals surface area contributed by atoms with Crippen LogP contribution in [0, 0.1) is 5.92 Å². The van der Waals surface area contributed by atoms with Gasteiger partial charge >= 0.3 is 0 Å². The van der Waals surface area contributed by atoms with Crippen LogP contribution in [0.4, 0.5) is 0 Å². The molecule has 0 heterocycles. The van der Waals surface area contributed by atoms with Gasteiger partial charge in [-0.15, -0.1) is 0 Å². The van der Waals surface area contributed by atoms with E-state index < -0.39 is 0 Å². The van der Waals surface area contributed by atoms with Crippen LogP contribution >= 0.6 is 0 Å². The lowest BCUT2D eigenvalue weighted by Gasteiger charge is -2.24. The highest BCUT2D eigenvalue weighted by Crippen LogP contribution is 2.20. The van der Waals surface area contributed by atoms with Crippen LogP contribution in [-0.2, 0) is 15.9 Å². The zero-order valence-electron chi connectivity index (χ0n) is 10.5. The topological polar surface area (TPSA) is 18.5 Å². The van der Waals surface area contributed by atoms with Crippen molar-refractivity contribution in [1.82, 2.24) is 0 Å². The van der Waals surface area contributed by atoms with Crippen molar-refractivity contribution in [1.29, 1.82) is 0 Å². The minimum atomic E-state index is -0.0971. The number of hydrogen-bond acceptors (Lipinski definition) is 2. The molecule has 0 N–H and O–H groups in total. The monoisotopic (exact) mass is 222 g/mol. The Morgan fingerprint density at radius 1 is 1.06 bits per heavy atom. The molecule has 2 nitrogen and oxygen atoms in total. The summed E-state index contributed by atoms with van der Waals surface area (Å²) in [5.41, 5.74) is 1.35. The van der Waals surface area contributed by atoms with E-state index in [0.717, 1.165) is 19.3 Å². The molecule has 1 aromatic carbocycles.